The molecule has 1 aliphatic rings. The molecule has 0 spiro atoms. The number of nitrogens with one attached hydrogen (secondary N) is 2. The molecule has 1 aliphatic heterocycles. The van der Waals surface area contributed by atoms with E-state index in [1.165, 1.54) is 11.8 Å². The van der Waals surface area contributed by atoms with Gasteiger partial charge in [-0.05, 0) is 36.4 Å². The summed E-state index contributed by atoms with van der Waals surface area (Å²) in [5.41, 5.74) is 1.29. The van der Waals surface area contributed by atoms with E-state index >= 15 is 0 Å². The zero-order valence-corrected chi connectivity index (χ0v) is 15.8. The predicted molar refractivity (Wildman–Crippen MR) is 104 cm³/mol. The fourth-order valence-electron chi connectivity index (χ4n) is 3.21. The molecule has 138 valence electrons. The number of methoxy groups -OCH3 is 1. The number of ether oxygens (including phenoxy) is 1. The van der Waals surface area contributed by atoms with Gasteiger partial charge in [0.1, 0.15) is 5.75 Å². The number of hydrogen-bond acceptors (Lipinski definition) is 5. The monoisotopic (exact) mass is 373 g/mol. The molecule has 7 heteroatoms. The second-order valence-electron chi connectivity index (χ2n) is 6.21. The standard InChI is InChI=1S/C19H23N3O3S/c1-13(23)21-15-8-7-14(25-2)11-16(15)20-12-19(24)22-9-3-5-17(22)18-6-4-10-26-18/h4,6-8,10-11,17,20H,3,5,9,12H2,1-2H3,(H,21,23). The van der Waals surface area contributed by atoms with E-state index < -0.39 is 0 Å². The van der Waals surface area contributed by atoms with Gasteiger partial charge in [-0.2, -0.15) is 0 Å². The summed E-state index contributed by atoms with van der Waals surface area (Å²) in [5.74, 6) is 0.547. The van der Waals surface area contributed by atoms with Crippen molar-refractivity contribution < 1.29 is 14.3 Å². The molecule has 0 saturated carbocycles. The Labute approximate surface area is 157 Å². The van der Waals surface area contributed by atoms with Crippen LogP contribution in [0.3, 0.4) is 0 Å². The van der Waals surface area contributed by atoms with Crippen LogP contribution in [0.15, 0.2) is 35.7 Å². The van der Waals surface area contributed by atoms with E-state index in [0.717, 1.165) is 19.4 Å². The highest BCUT2D eigenvalue weighted by molar-refractivity contribution is 7.10. The number of nitrogens with zero attached hydrogens (tertiary/aromatic N) is 1. The van der Waals surface area contributed by atoms with Gasteiger partial charge < -0.3 is 20.3 Å². The highest BCUT2D eigenvalue weighted by atomic mass is 32.1. The van der Waals surface area contributed by atoms with E-state index in [1.807, 2.05) is 16.3 Å². The molecule has 2 amide bonds. The molecule has 0 radical (unpaired) electrons. The van der Waals surface area contributed by atoms with Crippen LogP contribution in [0.25, 0.3) is 0 Å². The third-order valence-electron chi connectivity index (χ3n) is 4.41. The van der Waals surface area contributed by atoms with E-state index in [1.54, 1.807) is 36.6 Å². The Balaban J connectivity index is 1.69. The van der Waals surface area contributed by atoms with E-state index in [4.69, 9.17) is 4.74 Å². The normalized spacial score (nSPS) is 16.4. The van der Waals surface area contributed by atoms with Crippen LogP contribution in [0.4, 0.5) is 11.4 Å². The highest BCUT2D eigenvalue weighted by Crippen LogP contribution is 2.34. The van der Waals surface area contributed by atoms with Gasteiger partial charge in [-0.1, -0.05) is 6.07 Å². The minimum absolute atomic E-state index is 0.0532. The van der Waals surface area contributed by atoms with E-state index in [0.29, 0.717) is 17.1 Å². The number of rotatable bonds is 6. The lowest BCUT2D eigenvalue weighted by Crippen LogP contribution is -2.35. The van der Waals surface area contributed by atoms with Crippen LogP contribution in [-0.2, 0) is 9.59 Å². The summed E-state index contributed by atoms with van der Waals surface area (Å²) in [6, 6.07) is 9.59. The molecule has 1 atom stereocenters. The Bertz CT molecular complexity index is 776. The Kier molecular flexibility index (Phi) is 5.78. The van der Waals surface area contributed by atoms with E-state index in [2.05, 4.69) is 16.7 Å². The number of hydrogen-bond donors (Lipinski definition) is 2. The molecule has 1 aromatic carbocycles. The van der Waals surface area contributed by atoms with Gasteiger partial charge >= 0.3 is 0 Å². The molecule has 2 N–H and O–H groups in total. The molecule has 2 heterocycles. The van der Waals surface area contributed by atoms with Gasteiger partial charge in [-0.25, -0.2) is 0 Å². The number of anilines is 2. The first-order valence-corrected chi connectivity index (χ1v) is 9.49. The molecular formula is C19H23N3O3S. The number of amides is 2. The molecule has 26 heavy (non-hydrogen) atoms. The van der Waals surface area contributed by atoms with Crippen molar-refractivity contribution in [3.63, 3.8) is 0 Å². The predicted octanol–water partition coefficient (Wildman–Crippen LogP) is 3.49. The van der Waals surface area contributed by atoms with Crippen LogP contribution in [0, 0.1) is 0 Å². The van der Waals surface area contributed by atoms with Crippen LogP contribution in [0.1, 0.15) is 30.7 Å². The summed E-state index contributed by atoms with van der Waals surface area (Å²) in [4.78, 5) is 27.3. The SMILES string of the molecule is COc1ccc(NC(C)=O)c(NCC(=O)N2CCCC2c2cccs2)c1. The average molecular weight is 373 g/mol. The molecule has 1 saturated heterocycles. The van der Waals surface area contributed by atoms with Crippen molar-refractivity contribution in [3.8, 4) is 5.75 Å². The van der Waals surface area contributed by atoms with Gasteiger partial charge in [0.25, 0.3) is 0 Å². The fourth-order valence-corrected chi connectivity index (χ4v) is 4.08. The fraction of sp³-hybridized carbons (Fsp3) is 0.368. The van der Waals surface area contributed by atoms with Crippen LogP contribution in [0.2, 0.25) is 0 Å². The van der Waals surface area contributed by atoms with E-state index in [9.17, 15) is 9.59 Å². The van der Waals surface area contributed by atoms with Crippen LogP contribution < -0.4 is 15.4 Å². The van der Waals surface area contributed by atoms with Gasteiger partial charge in [-0.15, -0.1) is 11.3 Å². The van der Waals surface area contributed by atoms with Crippen molar-refractivity contribution in [2.45, 2.75) is 25.8 Å². The molecule has 0 aliphatic carbocycles. The van der Waals surface area contributed by atoms with Gasteiger partial charge in [0.2, 0.25) is 11.8 Å². The molecule has 1 aromatic heterocycles. The molecule has 0 bridgehead atoms. The minimum Gasteiger partial charge on any atom is -0.497 e. The zero-order valence-electron chi connectivity index (χ0n) is 15.0. The second kappa shape index (κ2) is 8.23. The third kappa shape index (κ3) is 4.16. The zero-order chi connectivity index (χ0) is 18.5. The second-order valence-corrected chi connectivity index (χ2v) is 7.19. The van der Waals surface area contributed by atoms with E-state index in [-0.39, 0.29) is 24.4 Å². The van der Waals surface area contributed by atoms with Crippen molar-refractivity contribution in [3.05, 3.63) is 40.6 Å². The largest absolute Gasteiger partial charge is 0.497 e. The number of benzene rings is 1. The molecule has 1 unspecified atom stereocenters. The quantitative estimate of drug-likeness (QED) is 0.813. The number of thiophene rings is 1. The van der Waals surface area contributed by atoms with Crippen molar-refractivity contribution in [1.29, 1.82) is 0 Å². The molecule has 1 fully saturated rings. The van der Waals surface area contributed by atoms with Crippen molar-refractivity contribution >= 4 is 34.5 Å². The Hall–Kier alpha value is -2.54. The minimum atomic E-state index is -0.165. The maximum atomic E-state index is 12.8. The molecule has 3 rings (SSSR count). The lowest BCUT2D eigenvalue weighted by atomic mass is 10.2. The lowest BCUT2D eigenvalue weighted by Gasteiger charge is -2.24. The molecule has 2 aromatic rings. The Morgan fingerprint density at radius 3 is 2.85 bits per heavy atom. The van der Waals surface area contributed by atoms with Gasteiger partial charge in [0.15, 0.2) is 0 Å². The van der Waals surface area contributed by atoms with Crippen LogP contribution >= 0.6 is 11.3 Å². The molecule has 6 nitrogen and oxygen atoms in total. The number of carbonyl (C=O) groups is 2. The van der Waals surface area contributed by atoms with Crippen LogP contribution in [0.5, 0.6) is 5.75 Å². The Morgan fingerprint density at radius 2 is 2.15 bits per heavy atom. The number of likely N-dealkylation sites (tertiary alicyclic amines) is 1. The van der Waals surface area contributed by atoms with Crippen molar-refractivity contribution in [2.24, 2.45) is 0 Å². The third-order valence-corrected chi connectivity index (χ3v) is 5.39. The van der Waals surface area contributed by atoms with Gasteiger partial charge in [0, 0.05) is 24.4 Å². The topological polar surface area (TPSA) is 70.7 Å². The lowest BCUT2D eigenvalue weighted by molar-refractivity contribution is -0.130. The Morgan fingerprint density at radius 1 is 1.31 bits per heavy atom. The first-order chi connectivity index (χ1) is 12.6. The number of carbonyl (C=O) groups excluding carboxylic acids is 2. The summed E-state index contributed by atoms with van der Waals surface area (Å²) in [6.45, 7) is 2.40. The first kappa shape index (κ1) is 18.3. The smallest absolute Gasteiger partial charge is 0.242 e. The summed E-state index contributed by atoms with van der Waals surface area (Å²) < 4.78 is 5.24. The summed E-state index contributed by atoms with van der Waals surface area (Å²) in [7, 11) is 1.58. The first-order valence-electron chi connectivity index (χ1n) is 8.61. The maximum absolute atomic E-state index is 12.8. The highest BCUT2D eigenvalue weighted by Gasteiger charge is 2.30. The van der Waals surface area contributed by atoms with Gasteiger partial charge in [0.05, 0.1) is 31.1 Å². The van der Waals surface area contributed by atoms with Crippen molar-refractivity contribution in [2.75, 3.05) is 30.8 Å². The van der Waals surface area contributed by atoms with Crippen molar-refractivity contribution in [1.82, 2.24) is 4.90 Å². The summed E-state index contributed by atoms with van der Waals surface area (Å²) in [6.07, 6.45) is 2.02. The molecular weight excluding hydrogens is 350 g/mol. The average Bonchev–Trinajstić information content (AvgIpc) is 3.31. The van der Waals surface area contributed by atoms with Crippen LogP contribution in [-0.4, -0.2) is 36.9 Å². The summed E-state index contributed by atoms with van der Waals surface area (Å²) >= 11 is 1.69. The maximum Gasteiger partial charge on any atom is 0.242 e. The van der Waals surface area contributed by atoms with Gasteiger partial charge in [-0.3, -0.25) is 9.59 Å². The summed E-state index contributed by atoms with van der Waals surface area (Å²) in [5, 5.41) is 7.97.